The van der Waals surface area contributed by atoms with Gasteiger partial charge in [0.1, 0.15) is 11.5 Å². The zero-order chi connectivity index (χ0) is 25.1. The summed E-state index contributed by atoms with van der Waals surface area (Å²) in [6.45, 7) is 7.70. The van der Waals surface area contributed by atoms with Crippen molar-refractivity contribution >= 4 is 23.4 Å². The predicted octanol–water partition coefficient (Wildman–Crippen LogP) is 3.59. The number of esters is 1. The van der Waals surface area contributed by atoms with Gasteiger partial charge in [0.25, 0.3) is 5.56 Å². The Morgan fingerprint density at radius 3 is 2.37 bits per heavy atom. The van der Waals surface area contributed by atoms with Gasteiger partial charge in [-0.2, -0.15) is 0 Å². The number of carbonyl (C=O) groups excluding carboxylic acids is 1. The van der Waals surface area contributed by atoms with Crippen molar-refractivity contribution in [1.82, 2.24) is 4.57 Å². The van der Waals surface area contributed by atoms with Crippen LogP contribution in [-0.4, -0.2) is 30.4 Å². The SMILES string of the molecule is CCOC(=O)C1=C(C)N=c2s/c(=C/c3ccc(OC(C)C)cc3)c(=O)n2[C@H]1c1ccc(OC)cc1. The predicted molar refractivity (Wildman–Crippen MR) is 136 cm³/mol. The average Bonchev–Trinajstić information content (AvgIpc) is 3.13. The summed E-state index contributed by atoms with van der Waals surface area (Å²) in [5, 5.41) is 0. The Labute approximate surface area is 207 Å². The number of benzene rings is 2. The van der Waals surface area contributed by atoms with Crippen LogP contribution in [0.3, 0.4) is 0 Å². The van der Waals surface area contributed by atoms with Crippen LogP contribution in [-0.2, 0) is 9.53 Å². The van der Waals surface area contributed by atoms with Crippen LogP contribution in [0.5, 0.6) is 11.5 Å². The second-order valence-corrected chi connectivity index (χ2v) is 9.32. The first-order valence-corrected chi connectivity index (χ1v) is 12.2. The van der Waals surface area contributed by atoms with Gasteiger partial charge in [0.15, 0.2) is 4.80 Å². The molecule has 8 heteroatoms. The molecule has 3 aromatic rings. The molecule has 35 heavy (non-hydrogen) atoms. The molecule has 0 amide bonds. The van der Waals surface area contributed by atoms with Gasteiger partial charge in [-0.3, -0.25) is 9.36 Å². The lowest BCUT2D eigenvalue weighted by Crippen LogP contribution is -2.39. The van der Waals surface area contributed by atoms with E-state index >= 15 is 0 Å². The Bertz CT molecular complexity index is 1430. The lowest BCUT2D eigenvalue weighted by Gasteiger charge is -2.24. The number of fused-ring (bicyclic) bond motifs is 1. The number of allylic oxidation sites excluding steroid dienone is 1. The van der Waals surface area contributed by atoms with Crippen LogP contribution < -0.4 is 24.4 Å². The maximum atomic E-state index is 13.6. The maximum Gasteiger partial charge on any atom is 0.338 e. The third kappa shape index (κ3) is 5.07. The van der Waals surface area contributed by atoms with Crippen LogP contribution in [0.15, 0.2) is 69.6 Å². The zero-order valence-corrected chi connectivity index (χ0v) is 21.2. The number of nitrogens with zero attached hydrogens (tertiary/aromatic N) is 2. The number of hydrogen-bond donors (Lipinski definition) is 0. The highest BCUT2D eigenvalue weighted by Crippen LogP contribution is 2.31. The molecule has 2 aromatic carbocycles. The number of methoxy groups -OCH3 is 1. The van der Waals surface area contributed by atoms with Crippen molar-refractivity contribution < 1.29 is 19.0 Å². The van der Waals surface area contributed by atoms with Crippen molar-refractivity contribution in [3.8, 4) is 11.5 Å². The molecule has 1 aromatic heterocycles. The summed E-state index contributed by atoms with van der Waals surface area (Å²) in [7, 11) is 1.59. The number of rotatable bonds is 7. The lowest BCUT2D eigenvalue weighted by molar-refractivity contribution is -0.139. The Kier molecular flexibility index (Phi) is 7.21. The maximum absolute atomic E-state index is 13.6. The molecule has 182 valence electrons. The van der Waals surface area contributed by atoms with E-state index in [1.165, 1.54) is 11.3 Å². The second kappa shape index (κ2) is 10.3. The van der Waals surface area contributed by atoms with Gasteiger partial charge in [0.05, 0.1) is 41.7 Å². The van der Waals surface area contributed by atoms with Gasteiger partial charge in [0.2, 0.25) is 0 Å². The molecule has 0 radical (unpaired) electrons. The van der Waals surface area contributed by atoms with E-state index in [-0.39, 0.29) is 18.3 Å². The summed E-state index contributed by atoms with van der Waals surface area (Å²) in [6, 6.07) is 14.3. The first-order valence-electron chi connectivity index (χ1n) is 11.4. The van der Waals surface area contributed by atoms with E-state index in [1.54, 1.807) is 25.5 Å². The van der Waals surface area contributed by atoms with Gasteiger partial charge in [0, 0.05) is 0 Å². The fourth-order valence-electron chi connectivity index (χ4n) is 3.96. The van der Waals surface area contributed by atoms with Gasteiger partial charge >= 0.3 is 5.97 Å². The Morgan fingerprint density at radius 2 is 1.77 bits per heavy atom. The molecular formula is C27H28N2O5S. The van der Waals surface area contributed by atoms with Gasteiger partial charge in [-0.1, -0.05) is 35.6 Å². The monoisotopic (exact) mass is 492 g/mol. The van der Waals surface area contributed by atoms with E-state index in [0.29, 0.717) is 26.4 Å². The number of aromatic nitrogens is 1. The van der Waals surface area contributed by atoms with Crippen molar-refractivity contribution in [1.29, 1.82) is 0 Å². The Morgan fingerprint density at radius 1 is 1.11 bits per heavy atom. The molecule has 0 fully saturated rings. The molecular weight excluding hydrogens is 464 g/mol. The molecule has 1 aliphatic heterocycles. The van der Waals surface area contributed by atoms with E-state index in [4.69, 9.17) is 14.2 Å². The van der Waals surface area contributed by atoms with Crippen LogP contribution >= 0.6 is 11.3 Å². The van der Waals surface area contributed by atoms with Crippen molar-refractivity contribution in [2.75, 3.05) is 13.7 Å². The zero-order valence-electron chi connectivity index (χ0n) is 20.4. The number of carbonyl (C=O) groups is 1. The van der Waals surface area contributed by atoms with E-state index in [9.17, 15) is 9.59 Å². The third-order valence-corrected chi connectivity index (χ3v) is 6.48. The van der Waals surface area contributed by atoms with Crippen LogP contribution in [0.1, 0.15) is 44.9 Å². The molecule has 0 saturated carbocycles. The third-order valence-electron chi connectivity index (χ3n) is 5.50. The Balaban J connectivity index is 1.85. The van der Waals surface area contributed by atoms with Gasteiger partial charge in [-0.25, -0.2) is 9.79 Å². The highest BCUT2D eigenvalue weighted by atomic mass is 32.1. The van der Waals surface area contributed by atoms with E-state index < -0.39 is 12.0 Å². The largest absolute Gasteiger partial charge is 0.497 e. The fourth-order valence-corrected chi connectivity index (χ4v) is 5.01. The summed E-state index contributed by atoms with van der Waals surface area (Å²) in [5.41, 5.74) is 2.31. The highest BCUT2D eigenvalue weighted by molar-refractivity contribution is 7.07. The molecule has 0 aliphatic carbocycles. The molecule has 2 heterocycles. The molecule has 0 N–H and O–H groups in total. The smallest absolute Gasteiger partial charge is 0.338 e. The van der Waals surface area contributed by atoms with Crippen LogP contribution in [0.25, 0.3) is 6.08 Å². The van der Waals surface area contributed by atoms with Crippen LogP contribution in [0.2, 0.25) is 0 Å². The molecule has 0 spiro atoms. The Hall–Kier alpha value is -3.65. The topological polar surface area (TPSA) is 79.1 Å². The van der Waals surface area contributed by atoms with E-state index in [0.717, 1.165) is 16.9 Å². The van der Waals surface area contributed by atoms with E-state index in [1.807, 2.05) is 68.5 Å². The average molecular weight is 493 g/mol. The standard InChI is InChI=1S/C27H28N2O5S/c1-6-33-26(31)23-17(4)28-27-29(24(23)19-9-13-20(32-5)14-10-19)25(30)22(35-27)15-18-7-11-21(12-8-18)34-16(2)3/h7-16,24H,6H2,1-5H3/b22-15+/t24-/m0/s1. The molecule has 1 aliphatic rings. The van der Waals surface area contributed by atoms with Crippen molar-refractivity contribution in [3.63, 3.8) is 0 Å². The molecule has 7 nitrogen and oxygen atoms in total. The number of thiazole rings is 1. The van der Waals surface area contributed by atoms with Crippen LogP contribution in [0.4, 0.5) is 0 Å². The normalized spacial score (nSPS) is 15.6. The minimum atomic E-state index is -0.653. The minimum absolute atomic E-state index is 0.0827. The molecule has 0 bridgehead atoms. The van der Waals surface area contributed by atoms with Crippen molar-refractivity contribution in [2.45, 2.75) is 39.8 Å². The summed E-state index contributed by atoms with van der Waals surface area (Å²) in [4.78, 5) is 31.7. The summed E-state index contributed by atoms with van der Waals surface area (Å²) >= 11 is 1.29. The summed E-state index contributed by atoms with van der Waals surface area (Å²) < 4.78 is 18.4. The first kappa shape index (κ1) is 24.5. The van der Waals surface area contributed by atoms with Crippen molar-refractivity contribution in [3.05, 3.63) is 90.6 Å². The molecule has 0 unspecified atom stereocenters. The summed E-state index contributed by atoms with van der Waals surface area (Å²) in [6.07, 6.45) is 1.91. The van der Waals surface area contributed by atoms with Gasteiger partial charge in [-0.05, 0) is 69.2 Å². The van der Waals surface area contributed by atoms with Gasteiger partial charge in [-0.15, -0.1) is 0 Å². The second-order valence-electron chi connectivity index (χ2n) is 8.31. The van der Waals surface area contributed by atoms with E-state index in [2.05, 4.69) is 4.99 Å². The van der Waals surface area contributed by atoms with Gasteiger partial charge < -0.3 is 14.2 Å². The summed E-state index contributed by atoms with van der Waals surface area (Å²) in [5.74, 6) is 0.974. The van der Waals surface area contributed by atoms with Crippen molar-refractivity contribution in [2.24, 2.45) is 4.99 Å². The first-order chi connectivity index (χ1) is 16.8. The number of hydrogen-bond acceptors (Lipinski definition) is 7. The molecule has 0 saturated heterocycles. The molecule has 1 atom stereocenters. The fraction of sp³-hybridized carbons (Fsp3) is 0.296. The minimum Gasteiger partial charge on any atom is -0.497 e. The quantitative estimate of drug-likeness (QED) is 0.471. The lowest BCUT2D eigenvalue weighted by atomic mass is 9.96. The molecule has 4 rings (SSSR count). The number of ether oxygens (including phenoxy) is 3. The van der Waals surface area contributed by atoms with Crippen LogP contribution in [0, 0.1) is 0 Å². The highest BCUT2D eigenvalue weighted by Gasteiger charge is 2.33.